The van der Waals surface area contributed by atoms with E-state index < -0.39 is 5.97 Å². The molecule has 1 aromatic heterocycles. The molecule has 0 amide bonds. The van der Waals surface area contributed by atoms with Gasteiger partial charge in [-0.25, -0.2) is 9.78 Å². The molecule has 5 heteroatoms. The largest absolute Gasteiger partial charge is 0.478 e. The molecule has 3 rings (SSSR count). The molecule has 20 heavy (non-hydrogen) atoms. The molecule has 1 aliphatic heterocycles. The standard InChI is InChI=1S/C15H16N2O3/c1-10-8-14(17-4-6-20-7-5-17)16-13-3-2-11(15(18)19)9-12(10)13/h2-3,8-9H,4-7H2,1H3,(H,18,19). The third-order valence-corrected chi connectivity index (χ3v) is 3.58. The fourth-order valence-corrected chi connectivity index (χ4v) is 2.46. The Bertz CT molecular complexity index is 663. The molecule has 0 spiro atoms. The van der Waals surface area contributed by atoms with E-state index >= 15 is 0 Å². The number of fused-ring (bicyclic) bond motifs is 1. The summed E-state index contributed by atoms with van der Waals surface area (Å²) in [5.41, 5.74) is 2.16. The molecular formula is C15H16N2O3. The van der Waals surface area contributed by atoms with E-state index in [1.807, 2.05) is 13.0 Å². The molecule has 0 aliphatic carbocycles. The second-order valence-corrected chi connectivity index (χ2v) is 4.93. The average molecular weight is 272 g/mol. The van der Waals surface area contributed by atoms with Gasteiger partial charge in [0.05, 0.1) is 24.3 Å². The molecule has 1 saturated heterocycles. The van der Waals surface area contributed by atoms with Gasteiger partial charge in [0.25, 0.3) is 0 Å². The maximum Gasteiger partial charge on any atom is 0.335 e. The zero-order valence-corrected chi connectivity index (χ0v) is 11.3. The van der Waals surface area contributed by atoms with Gasteiger partial charge in [-0.05, 0) is 36.8 Å². The van der Waals surface area contributed by atoms with Gasteiger partial charge in [0.15, 0.2) is 0 Å². The summed E-state index contributed by atoms with van der Waals surface area (Å²) < 4.78 is 5.35. The monoisotopic (exact) mass is 272 g/mol. The summed E-state index contributed by atoms with van der Waals surface area (Å²) in [6.45, 7) is 5.10. The van der Waals surface area contributed by atoms with Crippen molar-refractivity contribution in [3.63, 3.8) is 0 Å². The molecule has 0 atom stereocenters. The first-order valence-corrected chi connectivity index (χ1v) is 6.62. The predicted octanol–water partition coefficient (Wildman–Crippen LogP) is 2.08. The lowest BCUT2D eigenvalue weighted by molar-refractivity contribution is 0.0697. The van der Waals surface area contributed by atoms with Crippen LogP contribution in [-0.2, 0) is 4.74 Å². The number of hydrogen-bond acceptors (Lipinski definition) is 4. The van der Waals surface area contributed by atoms with Crippen LogP contribution in [0, 0.1) is 6.92 Å². The Labute approximate surface area is 116 Å². The van der Waals surface area contributed by atoms with Crippen LogP contribution in [0.5, 0.6) is 0 Å². The second-order valence-electron chi connectivity index (χ2n) is 4.93. The van der Waals surface area contributed by atoms with Crippen LogP contribution in [0.4, 0.5) is 5.82 Å². The highest BCUT2D eigenvalue weighted by Crippen LogP contribution is 2.24. The van der Waals surface area contributed by atoms with Crippen molar-refractivity contribution in [3.05, 3.63) is 35.4 Å². The molecule has 1 fully saturated rings. The SMILES string of the molecule is Cc1cc(N2CCOCC2)nc2ccc(C(=O)O)cc12. The highest BCUT2D eigenvalue weighted by atomic mass is 16.5. The minimum atomic E-state index is -0.913. The van der Waals surface area contributed by atoms with Crippen molar-refractivity contribution in [1.82, 2.24) is 4.98 Å². The number of carboxylic acid groups (broad SMARTS) is 1. The third-order valence-electron chi connectivity index (χ3n) is 3.58. The average Bonchev–Trinajstić information content (AvgIpc) is 2.47. The number of aryl methyl sites for hydroxylation is 1. The van der Waals surface area contributed by atoms with Gasteiger partial charge in [-0.1, -0.05) is 0 Å². The van der Waals surface area contributed by atoms with Crippen LogP contribution in [0.3, 0.4) is 0 Å². The number of anilines is 1. The molecule has 1 N–H and O–H groups in total. The summed E-state index contributed by atoms with van der Waals surface area (Å²) in [7, 11) is 0. The van der Waals surface area contributed by atoms with Gasteiger partial charge in [-0.2, -0.15) is 0 Å². The fraction of sp³-hybridized carbons (Fsp3) is 0.333. The Balaban J connectivity index is 2.05. The van der Waals surface area contributed by atoms with Crippen molar-refractivity contribution in [2.24, 2.45) is 0 Å². The number of morpholine rings is 1. The minimum Gasteiger partial charge on any atom is -0.478 e. The summed E-state index contributed by atoms with van der Waals surface area (Å²) in [5.74, 6) is 0.0185. The van der Waals surface area contributed by atoms with Crippen molar-refractivity contribution >= 4 is 22.7 Å². The number of ether oxygens (including phenoxy) is 1. The van der Waals surface area contributed by atoms with E-state index in [-0.39, 0.29) is 0 Å². The van der Waals surface area contributed by atoms with E-state index in [1.165, 1.54) is 0 Å². The Hall–Kier alpha value is -2.14. The molecule has 1 aromatic carbocycles. The topological polar surface area (TPSA) is 62.7 Å². The van der Waals surface area contributed by atoms with Gasteiger partial charge in [0.2, 0.25) is 0 Å². The molecule has 0 radical (unpaired) electrons. The number of rotatable bonds is 2. The van der Waals surface area contributed by atoms with Gasteiger partial charge in [0, 0.05) is 18.5 Å². The highest BCUT2D eigenvalue weighted by molar-refractivity contribution is 5.94. The van der Waals surface area contributed by atoms with E-state index in [9.17, 15) is 4.79 Å². The third kappa shape index (κ3) is 2.32. The molecule has 0 saturated carbocycles. The van der Waals surface area contributed by atoms with E-state index in [0.29, 0.717) is 5.56 Å². The zero-order chi connectivity index (χ0) is 14.1. The molecule has 0 unspecified atom stereocenters. The van der Waals surface area contributed by atoms with Crippen molar-refractivity contribution < 1.29 is 14.6 Å². The Morgan fingerprint density at radius 3 is 2.75 bits per heavy atom. The van der Waals surface area contributed by atoms with Gasteiger partial charge in [0.1, 0.15) is 5.82 Å². The number of nitrogens with zero attached hydrogens (tertiary/aromatic N) is 2. The molecule has 0 bridgehead atoms. The van der Waals surface area contributed by atoms with Crippen LogP contribution < -0.4 is 4.90 Å². The second kappa shape index (κ2) is 5.09. The van der Waals surface area contributed by atoms with E-state index in [4.69, 9.17) is 9.84 Å². The van der Waals surface area contributed by atoms with Crippen LogP contribution in [0.25, 0.3) is 10.9 Å². The number of pyridine rings is 1. The Morgan fingerprint density at radius 1 is 1.30 bits per heavy atom. The molecule has 2 heterocycles. The normalized spacial score (nSPS) is 15.6. The van der Waals surface area contributed by atoms with Gasteiger partial charge in [-0.15, -0.1) is 0 Å². The molecule has 1 aliphatic rings. The van der Waals surface area contributed by atoms with Crippen LogP contribution in [0.1, 0.15) is 15.9 Å². The number of aromatic nitrogens is 1. The number of benzene rings is 1. The quantitative estimate of drug-likeness (QED) is 0.906. The number of carbonyl (C=O) groups is 1. The maximum absolute atomic E-state index is 11.0. The lowest BCUT2D eigenvalue weighted by Crippen LogP contribution is -2.36. The van der Waals surface area contributed by atoms with Crippen molar-refractivity contribution in [3.8, 4) is 0 Å². The first kappa shape index (κ1) is 12.9. The summed E-state index contributed by atoms with van der Waals surface area (Å²) in [6, 6.07) is 7.07. The highest BCUT2D eigenvalue weighted by Gasteiger charge is 2.14. The zero-order valence-electron chi connectivity index (χ0n) is 11.3. The van der Waals surface area contributed by atoms with Crippen molar-refractivity contribution in [2.45, 2.75) is 6.92 Å². The number of carboxylic acids is 1. The minimum absolute atomic E-state index is 0.293. The predicted molar refractivity (Wildman–Crippen MR) is 76.5 cm³/mol. The molecule has 2 aromatic rings. The molecule has 5 nitrogen and oxygen atoms in total. The summed E-state index contributed by atoms with van der Waals surface area (Å²) >= 11 is 0. The summed E-state index contributed by atoms with van der Waals surface area (Å²) in [6.07, 6.45) is 0. The van der Waals surface area contributed by atoms with Crippen LogP contribution >= 0.6 is 0 Å². The number of aromatic carboxylic acids is 1. The molecular weight excluding hydrogens is 256 g/mol. The lowest BCUT2D eigenvalue weighted by Gasteiger charge is -2.28. The van der Waals surface area contributed by atoms with Crippen LogP contribution in [-0.4, -0.2) is 42.4 Å². The van der Waals surface area contributed by atoms with Crippen LogP contribution in [0.15, 0.2) is 24.3 Å². The smallest absolute Gasteiger partial charge is 0.335 e. The van der Waals surface area contributed by atoms with Crippen LogP contribution in [0.2, 0.25) is 0 Å². The number of hydrogen-bond donors (Lipinski definition) is 1. The first-order valence-electron chi connectivity index (χ1n) is 6.62. The van der Waals surface area contributed by atoms with E-state index in [1.54, 1.807) is 18.2 Å². The molecule has 104 valence electrons. The van der Waals surface area contributed by atoms with Gasteiger partial charge in [-0.3, -0.25) is 0 Å². The maximum atomic E-state index is 11.0. The summed E-state index contributed by atoms with van der Waals surface area (Å²) in [5, 5.41) is 9.94. The van der Waals surface area contributed by atoms with E-state index in [0.717, 1.165) is 48.6 Å². The van der Waals surface area contributed by atoms with Gasteiger partial charge >= 0.3 is 5.97 Å². The lowest BCUT2D eigenvalue weighted by atomic mass is 10.1. The van der Waals surface area contributed by atoms with Crippen molar-refractivity contribution in [2.75, 3.05) is 31.2 Å². The van der Waals surface area contributed by atoms with Gasteiger partial charge < -0.3 is 14.7 Å². The first-order chi connectivity index (χ1) is 9.65. The summed E-state index contributed by atoms with van der Waals surface area (Å²) in [4.78, 5) is 17.9. The van der Waals surface area contributed by atoms with Crippen molar-refractivity contribution in [1.29, 1.82) is 0 Å². The Kier molecular flexibility index (Phi) is 3.28. The van der Waals surface area contributed by atoms with E-state index in [2.05, 4.69) is 9.88 Å². The Morgan fingerprint density at radius 2 is 2.05 bits per heavy atom. The fourth-order valence-electron chi connectivity index (χ4n) is 2.46.